The summed E-state index contributed by atoms with van der Waals surface area (Å²) in [4.78, 5) is 0.690. The highest BCUT2D eigenvalue weighted by Gasteiger charge is 2.28. The zero-order valence-corrected chi connectivity index (χ0v) is 11.3. The van der Waals surface area contributed by atoms with Gasteiger partial charge in [0.05, 0.1) is 0 Å². The Hall–Kier alpha value is -0.0100. The number of hydrogen-bond acceptors (Lipinski definition) is 0. The molecule has 2 heteroatoms. The van der Waals surface area contributed by atoms with E-state index in [-0.39, 0.29) is 0 Å². The minimum atomic E-state index is 0.690. The molecule has 1 atom stereocenters. The molecule has 1 aliphatic carbocycles. The van der Waals surface area contributed by atoms with Gasteiger partial charge in [0.25, 0.3) is 0 Å². The molecule has 82 valence electrons. The third-order valence-corrected chi connectivity index (χ3v) is 4.59. The summed E-state index contributed by atoms with van der Waals surface area (Å²) in [5.41, 5.74) is 2.52. The molecule has 0 aliphatic heterocycles. The van der Waals surface area contributed by atoms with Crippen molar-refractivity contribution in [3.05, 3.63) is 34.3 Å². The Morgan fingerprint density at radius 2 is 2.20 bits per heavy atom. The summed E-state index contributed by atoms with van der Waals surface area (Å²) in [6.07, 6.45) is 5.09. The molecule has 1 unspecified atom stereocenters. The lowest BCUT2D eigenvalue weighted by molar-refractivity contribution is 0.696. The molecule has 0 amide bonds. The molecule has 1 aromatic rings. The lowest BCUT2D eigenvalue weighted by atomic mass is 10.0. The Labute approximate surface area is 105 Å². The fraction of sp³-hybridized carbons (Fsp3) is 0.538. The maximum absolute atomic E-state index is 6.19. The fourth-order valence-corrected chi connectivity index (χ4v) is 2.93. The van der Waals surface area contributed by atoms with Crippen LogP contribution in [0.1, 0.15) is 30.4 Å². The highest BCUT2D eigenvalue weighted by Crippen LogP contribution is 2.38. The van der Waals surface area contributed by atoms with Crippen molar-refractivity contribution in [3.63, 3.8) is 0 Å². The Bertz CT molecular complexity index is 344. The molecular weight excluding hydrogens is 271 g/mol. The average molecular weight is 288 g/mol. The van der Waals surface area contributed by atoms with Gasteiger partial charge in [-0.15, -0.1) is 0 Å². The minimum absolute atomic E-state index is 0.690. The Morgan fingerprint density at radius 1 is 1.47 bits per heavy atom. The summed E-state index contributed by atoms with van der Waals surface area (Å²) in [6, 6.07) is 6.35. The first-order valence-electron chi connectivity index (χ1n) is 5.56. The van der Waals surface area contributed by atoms with Gasteiger partial charge < -0.3 is 0 Å². The molecule has 1 fully saturated rings. The molecule has 0 nitrogen and oxygen atoms in total. The van der Waals surface area contributed by atoms with E-state index in [0.717, 1.165) is 17.4 Å². The second-order valence-corrected chi connectivity index (χ2v) is 6.07. The molecule has 1 saturated carbocycles. The molecule has 0 N–H and O–H groups in total. The monoisotopic (exact) mass is 286 g/mol. The second-order valence-electron chi connectivity index (χ2n) is 4.49. The Kier molecular flexibility index (Phi) is 3.73. The van der Waals surface area contributed by atoms with Crippen molar-refractivity contribution in [1.82, 2.24) is 0 Å². The summed E-state index contributed by atoms with van der Waals surface area (Å²) in [5, 5.41) is 0.922. The number of rotatable bonds is 4. The normalized spacial score (nSPS) is 17.8. The summed E-state index contributed by atoms with van der Waals surface area (Å²) < 4.78 is 0. The largest absolute Gasteiger partial charge is 0.0888 e. The summed E-state index contributed by atoms with van der Waals surface area (Å²) >= 11 is 9.95. The Morgan fingerprint density at radius 3 is 2.80 bits per heavy atom. The van der Waals surface area contributed by atoms with Crippen LogP contribution in [0.15, 0.2) is 18.2 Å². The van der Waals surface area contributed by atoms with Crippen molar-refractivity contribution in [2.45, 2.75) is 37.4 Å². The fourth-order valence-electron chi connectivity index (χ4n) is 1.84. The molecule has 1 aliphatic rings. The first-order valence-corrected chi connectivity index (χ1v) is 6.85. The lowest BCUT2D eigenvalue weighted by Gasteiger charge is -2.09. The number of aryl methyl sites for hydroxylation is 2. The summed E-state index contributed by atoms with van der Waals surface area (Å²) in [6.45, 7) is 2.08. The molecule has 0 radical (unpaired) electrons. The van der Waals surface area contributed by atoms with Gasteiger partial charge in [0.15, 0.2) is 0 Å². The van der Waals surface area contributed by atoms with Crippen LogP contribution in [0.2, 0.25) is 5.02 Å². The lowest BCUT2D eigenvalue weighted by Crippen LogP contribution is -2.02. The summed E-state index contributed by atoms with van der Waals surface area (Å²) in [5.74, 6) is 0.925. The molecule has 0 heterocycles. The highest BCUT2D eigenvalue weighted by molar-refractivity contribution is 9.09. The van der Waals surface area contributed by atoms with E-state index in [4.69, 9.17) is 11.6 Å². The molecule has 15 heavy (non-hydrogen) atoms. The zero-order valence-electron chi connectivity index (χ0n) is 8.97. The topological polar surface area (TPSA) is 0 Å². The van der Waals surface area contributed by atoms with Crippen LogP contribution in [0, 0.1) is 12.8 Å². The van der Waals surface area contributed by atoms with Gasteiger partial charge in [-0.1, -0.05) is 39.7 Å². The summed E-state index contributed by atoms with van der Waals surface area (Å²) in [7, 11) is 0. The van der Waals surface area contributed by atoms with Gasteiger partial charge in [0.1, 0.15) is 0 Å². The molecule has 2 rings (SSSR count). The molecule has 1 aromatic carbocycles. The predicted molar refractivity (Wildman–Crippen MR) is 69.9 cm³/mol. The van der Waals surface area contributed by atoms with Crippen molar-refractivity contribution in [2.24, 2.45) is 5.92 Å². The third kappa shape index (κ3) is 3.22. The zero-order chi connectivity index (χ0) is 10.8. The van der Waals surface area contributed by atoms with Gasteiger partial charge in [-0.05, 0) is 55.7 Å². The van der Waals surface area contributed by atoms with E-state index < -0.39 is 0 Å². The van der Waals surface area contributed by atoms with Gasteiger partial charge in [0, 0.05) is 9.85 Å². The van der Waals surface area contributed by atoms with Gasteiger partial charge in [0.2, 0.25) is 0 Å². The van der Waals surface area contributed by atoms with Crippen molar-refractivity contribution >= 4 is 27.5 Å². The van der Waals surface area contributed by atoms with Crippen LogP contribution in [-0.2, 0) is 6.42 Å². The smallest absolute Gasteiger partial charge is 0.0440 e. The molecular formula is C13H16BrCl. The van der Waals surface area contributed by atoms with Crippen LogP contribution >= 0.6 is 27.5 Å². The van der Waals surface area contributed by atoms with E-state index in [2.05, 4.69) is 41.1 Å². The first-order chi connectivity index (χ1) is 7.16. The third-order valence-electron chi connectivity index (χ3n) is 3.03. The van der Waals surface area contributed by atoms with Crippen LogP contribution in [0.25, 0.3) is 0 Å². The average Bonchev–Trinajstić information content (AvgIpc) is 2.99. The quantitative estimate of drug-likeness (QED) is 0.701. The van der Waals surface area contributed by atoms with Crippen molar-refractivity contribution in [1.29, 1.82) is 0 Å². The maximum atomic E-state index is 6.19. The standard InChI is InChI=1S/C13H16BrCl/c1-9-2-3-11(13(15)8-9)6-7-12(14)10-4-5-10/h2-3,8,10,12H,4-7H2,1H3. The van der Waals surface area contributed by atoms with Crippen LogP contribution in [0.3, 0.4) is 0 Å². The van der Waals surface area contributed by atoms with Gasteiger partial charge >= 0.3 is 0 Å². The van der Waals surface area contributed by atoms with E-state index in [1.54, 1.807) is 0 Å². The van der Waals surface area contributed by atoms with Gasteiger partial charge in [-0.3, -0.25) is 0 Å². The van der Waals surface area contributed by atoms with Crippen LogP contribution in [0.5, 0.6) is 0 Å². The maximum Gasteiger partial charge on any atom is 0.0440 e. The minimum Gasteiger partial charge on any atom is -0.0888 e. The van der Waals surface area contributed by atoms with Crippen LogP contribution < -0.4 is 0 Å². The van der Waals surface area contributed by atoms with Crippen molar-refractivity contribution < 1.29 is 0 Å². The predicted octanol–water partition coefficient (Wildman–Crippen LogP) is 4.75. The second kappa shape index (κ2) is 4.88. The van der Waals surface area contributed by atoms with Gasteiger partial charge in [-0.2, -0.15) is 0 Å². The molecule has 0 saturated heterocycles. The number of alkyl halides is 1. The van der Waals surface area contributed by atoms with E-state index >= 15 is 0 Å². The number of hydrogen-bond donors (Lipinski definition) is 0. The van der Waals surface area contributed by atoms with Crippen molar-refractivity contribution in [3.8, 4) is 0 Å². The van der Waals surface area contributed by atoms with Gasteiger partial charge in [-0.25, -0.2) is 0 Å². The first kappa shape index (κ1) is 11.5. The van der Waals surface area contributed by atoms with E-state index in [0.29, 0.717) is 4.83 Å². The Balaban J connectivity index is 1.92. The number of benzene rings is 1. The highest BCUT2D eigenvalue weighted by atomic mass is 79.9. The van der Waals surface area contributed by atoms with Crippen LogP contribution in [-0.4, -0.2) is 4.83 Å². The SMILES string of the molecule is Cc1ccc(CCC(Br)C2CC2)c(Cl)c1. The van der Waals surface area contributed by atoms with E-state index in [1.165, 1.54) is 30.4 Å². The molecule has 0 bridgehead atoms. The molecule has 0 spiro atoms. The van der Waals surface area contributed by atoms with E-state index in [9.17, 15) is 0 Å². The number of halogens is 2. The van der Waals surface area contributed by atoms with E-state index in [1.807, 2.05) is 0 Å². The van der Waals surface area contributed by atoms with Crippen molar-refractivity contribution in [2.75, 3.05) is 0 Å². The van der Waals surface area contributed by atoms with Crippen LogP contribution in [0.4, 0.5) is 0 Å². The molecule has 0 aromatic heterocycles.